The Morgan fingerprint density at radius 2 is 1.47 bits per heavy atom. The largest absolute Gasteiger partial charge is 0.457 e. The van der Waals surface area contributed by atoms with Gasteiger partial charge in [-0.1, -0.05) is 18.2 Å². The maximum absolute atomic E-state index is 12.4. The highest BCUT2D eigenvalue weighted by Crippen LogP contribution is 2.23. The van der Waals surface area contributed by atoms with Gasteiger partial charge in [0.25, 0.3) is 0 Å². The third-order valence-corrected chi connectivity index (χ3v) is 4.48. The second-order valence-electron chi connectivity index (χ2n) is 6.99. The normalized spacial score (nSPS) is 10.5. The first-order valence-electron chi connectivity index (χ1n) is 9.56. The Labute approximate surface area is 175 Å². The molecule has 0 saturated carbocycles. The number of fused-ring (bicyclic) bond motifs is 1. The van der Waals surface area contributed by atoms with Crippen LogP contribution in [0.5, 0.6) is 11.5 Å². The van der Waals surface area contributed by atoms with E-state index in [9.17, 15) is 4.79 Å². The molecule has 0 saturated heterocycles. The molecule has 0 aliphatic carbocycles. The number of amides is 2. The average molecular weight is 398 g/mol. The van der Waals surface area contributed by atoms with E-state index in [1.807, 2.05) is 91.8 Å². The molecule has 3 aromatic carbocycles. The van der Waals surface area contributed by atoms with E-state index in [1.54, 1.807) is 12.1 Å². The number of para-hydroxylation sites is 1. The maximum Gasteiger partial charge on any atom is 0.323 e. The standard InChI is InChI=1S/C24H22N4O2/c1-28(2)23-15-8-17-16-19(11-14-22(17)27-23)26-24(29)25-18-9-12-21(13-10-18)30-20-6-4-3-5-7-20/h3-16H,1-2H3,(H2,25,26,29). The van der Waals surface area contributed by atoms with Crippen molar-refractivity contribution in [3.8, 4) is 11.5 Å². The molecule has 0 spiro atoms. The average Bonchev–Trinajstić information content (AvgIpc) is 2.75. The predicted octanol–water partition coefficient (Wildman–Crippen LogP) is 5.74. The molecule has 0 radical (unpaired) electrons. The second-order valence-corrected chi connectivity index (χ2v) is 6.99. The summed E-state index contributed by atoms with van der Waals surface area (Å²) in [6.07, 6.45) is 0. The van der Waals surface area contributed by atoms with Crippen LogP contribution in [0.1, 0.15) is 0 Å². The molecule has 0 fully saturated rings. The van der Waals surface area contributed by atoms with Crippen LogP contribution in [0.3, 0.4) is 0 Å². The topological polar surface area (TPSA) is 66.5 Å². The lowest BCUT2D eigenvalue weighted by Gasteiger charge is -2.12. The van der Waals surface area contributed by atoms with Gasteiger partial charge in [0.1, 0.15) is 17.3 Å². The van der Waals surface area contributed by atoms with Gasteiger partial charge in [-0.25, -0.2) is 9.78 Å². The van der Waals surface area contributed by atoms with Crippen molar-refractivity contribution in [3.05, 3.63) is 84.9 Å². The Morgan fingerprint density at radius 1 is 0.800 bits per heavy atom. The van der Waals surface area contributed by atoms with Crippen LogP contribution in [0.4, 0.5) is 22.0 Å². The Balaban J connectivity index is 1.38. The van der Waals surface area contributed by atoms with Gasteiger partial charge in [-0.05, 0) is 66.7 Å². The van der Waals surface area contributed by atoms with Gasteiger partial charge in [0.05, 0.1) is 5.52 Å². The molecule has 1 aromatic heterocycles. The molecule has 0 unspecified atom stereocenters. The zero-order chi connectivity index (χ0) is 20.9. The minimum atomic E-state index is -0.316. The van der Waals surface area contributed by atoms with Crippen LogP contribution in [0, 0.1) is 0 Å². The van der Waals surface area contributed by atoms with Gasteiger partial charge >= 0.3 is 6.03 Å². The van der Waals surface area contributed by atoms with E-state index in [0.29, 0.717) is 17.1 Å². The van der Waals surface area contributed by atoms with Crippen molar-refractivity contribution >= 4 is 34.1 Å². The van der Waals surface area contributed by atoms with E-state index in [0.717, 1.165) is 22.5 Å². The third kappa shape index (κ3) is 4.67. The van der Waals surface area contributed by atoms with E-state index in [-0.39, 0.29) is 6.03 Å². The van der Waals surface area contributed by atoms with E-state index in [4.69, 9.17) is 4.74 Å². The fourth-order valence-corrected chi connectivity index (χ4v) is 2.97. The number of nitrogens with one attached hydrogen (secondary N) is 2. The molecule has 4 aromatic rings. The third-order valence-electron chi connectivity index (χ3n) is 4.48. The van der Waals surface area contributed by atoms with Crippen LogP contribution in [-0.2, 0) is 0 Å². The first-order chi connectivity index (χ1) is 14.6. The molecular weight excluding hydrogens is 376 g/mol. The summed E-state index contributed by atoms with van der Waals surface area (Å²) >= 11 is 0. The summed E-state index contributed by atoms with van der Waals surface area (Å²) < 4.78 is 5.76. The van der Waals surface area contributed by atoms with Crippen molar-refractivity contribution in [1.29, 1.82) is 0 Å². The van der Waals surface area contributed by atoms with E-state index in [1.165, 1.54) is 0 Å². The Morgan fingerprint density at radius 3 is 2.20 bits per heavy atom. The summed E-state index contributed by atoms with van der Waals surface area (Å²) in [4.78, 5) is 18.9. The number of benzene rings is 3. The van der Waals surface area contributed by atoms with Crippen molar-refractivity contribution in [2.75, 3.05) is 29.6 Å². The van der Waals surface area contributed by atoms with Crippen molar-refractivity contribution in [2.45, 2.75) is 0 Å². The molecule has 0 aliphatic heterocycles. The summed E-state index contributed by atoms with van der Waals surface area (Å²) in [6, 6.07) is 26.0. The van der Waals surface area contributed by atoms with Crippen LogP contribution in [0.15, 0.2) is 84.9 Å². The molecular formula is C24H22N4O2. The lowest BCUT2D eigenvalue weighted by atomic mass is 10.2. The van der Waals surface area contributed by atoms with Gasteiger partial charge in [-0.2, -0.15) is 0 Å². The molecule has 0 bridgehead atoms. The summed E-state index contributed by atoms with van der Waals surface area (Å²) in [5.41, 5.74) is 2.25. The molecule has 4 rings (SSSR count). The van der Waals surface area contributed by atoms with Crippen molar-refractivity contribution in [1.82, 2.24) is 4.98 Å². The highest BCUT2D eigenvalue weighted by molar-refractivity contribution is 6.01. The molecule has 0 aliphatic rings. The van der Waals surface area contributed by atoms with Gasteiger partial charge in [0, 0.05) is 30.9 Å². The van der Waals surface area contributed by atoms with Gasteiger partial charge < -0.3 is 20.3 Å². The number of carbonyl (C=O) groups is 1. The SMILES string of the molecule is CN(C)c1ccc2cc(NC(=O)Nc3ccc(Oc4ccccc4)cc3)ccc2n1. The zero-order valence-electron chi connectivity index (χ0n) is 16.8. The van der Waals surface area contributed by atoms with Gasteiger partial charge in [-0.3, -0.25) is 0 Å². The fraction of sp³-hybridized carbons (Fsp3) is 0.0833. The van der Waals surface area contributed by atoms with Crippen LogP contribution in [-0.4, -0.2) is 25.1 Å². The highest BCUT2D eigenvalue weighted by atomic mass is 16.5. The summed E-state index contributed by atoms with van der Waals surface area (Å²) in [6.45, 7) is 0. The molecule has 0 atom stereocenters. The summed E-state index contributed by atoms with van der Waals surface area (Å²) in [5, 5.41) is 6.64. The summed E-state index contributed by atoms with van der Waals surface area (Å²) in [7, 11) is 3.91. The van der Waals surface area contributed by atoms with Gasteiger partial charge in [-0.15, -0.1) is 0 Å². The van der Waals surface area contributed by atoms with E-state index < -0.39 is 0 Å². The number of pyridine rings is 1. The monoisotopic (exact) mass is 398 g/mol. The zero-order valence-corrected chi connectivity index (χ0v) is 16.8. The minimum absolute atomic E-state index is 0.316. The Kier molecular flexibility index (Phi) is 5.48. The number of carbonyl (C=O) groups excluding carboxylic acids is 1. The second kappa shape index (κ2) is 8.53. The number of rotatable bonds is 5. The number of ether oxygens (including phenoxy) is 1. The minimum Gasteiger partial charge on any atom is -0.457 e. The molecule has 30 heavy (non-hydrogen) atoms. The van der Waals surface area contributed by atoms with Gasteiger partial charge in [0.2, 0.25) is 0 Å². The molecule has 2 amide bonds. The van der Waals surface area contributed by atoms with Crippen LogP contribution in [0.2, 0.25) is 0 Å². The molecule has 2 N–H and O–H groups in total. The van der Waals surface area contributed by atoms with Crippen LogP contribution < -0.4 is 20.3 Å². The van der Waals surface area contributed by atoms with Crippen molar-refractivity contribution in [2.24, 2.45) is 0 Å². The molecule has 6 nitrogen and oxygen atoms in total. The number of hydrogen-bond donors (Lipinski definition) is 2. The number of anilines is 3. The number of hydrogen-bond acceptors (Lipinski definition) is 4. The smallest absolute Gasteiger partial charge is 0.323 e. The van der Waals surface area contributed by atoms with Gasteiger partial charge in [0.15, 0.2) is 0 Å². The first kappa shape index (κ1) is 19.3. The molecule has 6 heteroatoms. The van der Waals surface area contributed by atoms with Crippen molar-refractivity contribution in [3.63, 3.8) is 0 Å². The lowest BCUT2D eigenvalue weighted by molar-refractivity contribution is 0.262. The maximum atomic E-state index is 12.4. The lowest BCUT2D eigenvalue weighted by Crippen LogP contribution is -2.19. The van der Waals surface area contributed by atoms with Crippen molar-refractivity contribution < 1.29 is 9.53 Å². The Hall–Kier alpha value is -4.06. The van der Waals surface area contributed by atoms with E-state index >= 15 is 0 Å². The van der Waals surface area contributed by atoms with Crippen LogP contribution in [0.25, 0.3) is 10.9 Å². The van der Waals surface area contributed by atoms with Crippen LogP contribution >= 0.6 is 0 Å². The molecule has 1 heterocycles. The predicted molar refractivity (Wildman–Crippen MR) is 122 cm³/mol. The fourth-order valence-electron chi connectivity index (χ4n) is 2.97. The first-order valence-corrected chi connectivity index (χ1v) is 9.56. The Bertz CT molecular complexity index is 1160. The number of nitrogens with zero attached hydrogens (tertiary/aromatic N) is 2. The quantitative estimate of drug-likeness (QED) is 0.450. The summed E-state index contributed by atoms with van der Waals surface area (Å²) in [5.74, 6) is 2.35. The number of aromatic nitrogens is 1. The highest BCUT2D eigenvalue weighted by Gasteiger charge is 2.06. The number of urea groups is 1. The molecule has 150 valence electrons. The van der Waals surface area contributed by atoms with E-state index in [2.05, 4.69) is 15.6 Å².